The average Bonchev–Trinajstić information content (AvgIpc) is 3.07. The Morgan fingerprint density at radius 3 is 2.42 bits per heavy atom. The molecule has 3 aliphatic carbocycles. The predicted octanol–water partition coefficient (Wildman–Crippen LogP) is 3.28. The fourth-order valence-electron chi connectivity index (χ4n) is 5.20. The van der Waals surface area contributed by atoms with Gasteiger partial charge in [-0.15, -0.1) is 0 Å². The van der Waals surface area contributed by atoms with Gasteiger partial charge in [0.25, 0.3) is 0 Å². The molecule has 2 bridgehead atoms. The lowest BCUT2D eigenvalue weighted by molar-refractivity contribution is 0.105. The standard InChI is InChI=1S/C17H32N2/c1-5-19(14-6-7-14)11-10-18-15-16(2,3)13-8-9-17(15,4)12-13/h13-15,18H,5-12H2,1-4H3/t13-,15?,17+/m0/s1. The van der Waals surface area contributed by atoms with Crippen molar-refractivity contribution in [2.75, 3.05) is 19.6 Å². The summed E-state index contributed by atoms with van der Waals surface area (Å²) in [5.41, 5.74) is 1.08. The molecule has 1 N–H and O–H groups in total. The second kappa shape index (κ2) is 4.73. The molecule has 19 heavy (non-hydrogen) atoms. The molecule has 0 amide bonds. The topological polar surface area (TPSA) is 15.3 Å². The van der Waals surface area contributed by atoms with Crippen molar-refractivity contribution in [2.24, 2.45) is 16.7 Å². The number of hydrogen-bond acceptors (Lipinski definition) is 2. The molecule has 0 aromatic heterocycles. The maximum atomic E-state index is 3.95. The first-order chi connectivity index (χ1) is 8.97. The first-order valence-corrected chi connectivity index (χ1v) is 8.45. The van der Waals surface area contributed by atoms with Crippen LogP contribution in [0.4, 0.5) is 0 Å². The summed E-state index contributed by atoms with van der Waals surface area (Å²) in [6.07, 6.45) is 7.23. The van der Waals surface area contributed by atoms with Gasteiger partial charge in [-0.3, -0.25) is 4.90 Å². The summed E-state index contributed by atoms with van der Waals surface area (Å²) in [4.78, 5) is 2.66. The van der Waals surface area contributed by atoms with Gasteiger partial charge in [-0.2, -0.15) is 0 Å². The Kier molecular flexibility index (Phi) is 3.46. The van der Waals surface area contributed by atoms with Gasteiger partial charge in [-0.05, 0) is 55.4 Å². The Bertz CT molecular complexity index is 329. The van der Waals surface area contributed by atoms with Gasteiger partial charge in [0.1, 0.15) is 0 Å². The molecule has 0 aromatic rings. The van der Waals surface area contributed by atoms with Gasteiger partial charge in [0.15, 0.2) is 0 Å². The third-order valence-corrected chi connectivity index (χ3v) is 6.49. The highest BCUT2D eigenvalue weighted by Crippen LogP contribution is 2.62. The van der Waals surface area contributed by atoms with Crippen molar-refractivity contribution in [3.05, 3.63) is 0 Å². The smallest absolute Gasteiger partial charge is 0.0175 e. The molecule has 0 aliphatic heterocycles. The van der Waals surface area contributed by atoms with Crippen molar-refractivity contribution >= 4 is 0 Å². The Morgan fingerprint density at radius 1 is 1.16 bits per heavy atom. The molecular weight excluding hydrogens is 232 g/mol. The summed E-state index contributed by atoms with van der Waals surface area (Å²) in [5, 5.41) is 3.95. The molecule has 1 unspecified atom stereocenters. The lowest BCUT2D eigenvalue weighted by atomic mass is 9.68. The molecule has 3 rings (SSSR count). The average molecular weight is 264 g/mol. The van der Waals surface area contributed by atoms with Gasteiger partial charge in [-0.1, -0.05) is 27.7 Å². The molecule has 2 nitrogen and oxygen atoms in total. The molecule has 0 saturated heterocycles. The summed E-state index contributed by atoms with van der Waals surface area (Å²) in [6, 6.07) is 1.65. The molecule has 0 aromatic carbocycles. The van der Waals surface area contributed by atoms with Crippen LogP contribution in [0.5, 0.6) is 0 Å². The number of hydrogen-bond donors (Lipinski definition) is 1. The van der Waals surface area contributed by atoms with Crippen molar-refractivity contribution in [2.45, 2.75) is 71.9 Å². The lowest BCUT2D eigenvalue weighted by Crippen LogP contribution is -2.52. The zero-order valence-corrected chi connectivity index (χ0v) is 13.3. The van der Waals surface area contributed by atoms with Crippen LogP contribution in [0.1, 0.15) is 59.8 Å². The Morgan fingerprint density at radius 2 is 1.89 bits per heavy atom. The van der Waals surface area contributed by atoms with E-state index in [0.717, 1.165) is 18.0 Å². The van der Waals surface area contributed by atoms with E-state index in [4.69, 9.17) is 0 Å². The molecule has 0 heterocycles. The van der Waals surface area contributed by atoms with E-state index in [-0.39, 0.29) is 0 Å². The van der Waals surface area contributed by atoms with Crippen LogP contribution in [0.3, 0.4) is 0 Å². The highest BCUT2D eigenvalue weighted by Gasteiger charge is 2.58. The van der Waals surface area contributed by atoms with Gasteiger partial charge in [0.2, 0.25) is 0 Å². The minimum Gasteiger partial charge on any atom is -0.312 e. The highest BCUT2D eigenvalue weighted by atomic mass is 15.2. The van der Waals surface area contributed by atoms with Crippen molar-refractivity contribution in [3.63, 3.8) is 0 Å². The monoisotopic (exact) mass is 264 g/mol. The van der Waals surface area contributed by atoms with Gasteiger partial charge in [0, 0.05) is 25.2 Å². The van der Waals surface area contributed by atoms with Gasteiger partial charge in [0.05, 0.1) is 0 Å². The number of nitrogens with zero attached hydrogens (tertiary/aromatic N) is 1. The summed E-state index contributed by atoms with van der Waals surface area (Å²) in [6.45, 7) is 13.5. The van der Waals surface area contributed by atoms with E-state index in [9.17, 15) is 0 Å². The fraction of sp³-hybridized carbons (Fsp3) is 1.00. The van der Waals surface area contributed by atoms with Crippen LogP contribution in [0.15, 0.2) is 0 Å². The second-order valence-corrected chi connectivity index (χ2v) is 8.16. The maximum Gasteiger partial charge on any atom is 0.0175 e. The van der Waals surface area contributed by atoms with E-state index >= 15 is 0 Å². The van der Waals surface area contributed by atoms with Gasteiger partial charge < -0.3 is 5.32 Å². The third kappa shape index (κ3) is 2.35. The largest absolute Gasteiger partial charge is 0.312 e. The molecule has 0 spiro atoms. The molecular formula is C17H32N2. The van der Waals surface area contributed by atoms with Gasteiger partial charge in [-0.25, -0.2) is 0 Å². The van der Waals surface area contributed by atoms with Crippen LogP contribution in [-0.4, -0.2) is 36.6 Å². The fourth-order valence-corrected chi connectivity index (χ4v) is 5.20. The lowest BCUT2D eigenvalue weighted by Gasteiger charge is -2.43. The van der Waals surface area contributed by atoms with Crippen LogP contribution >= 0.6 is 0 Å². The van der Waals surface area contributed by atoms with E-state index in [0.29, 0.717) is 10.8 Å². The number of nitrogens with one attached hydrogen (secondary N) is 1. The van der Waals surface area contributed by atoms with E-state index in [1.165, 1.54) is 51.7 Å². The van der Waals surface area contributed by atoms with E-state index in [1.807, 2.05) is 0 Å². The Balaban J connectivity index is 1.54. The van der Waals surface area contributed by atoms with Crippen molar-refractivity contribution in [3.8, 4) is 0 Å². The molecule has 3 saturated carbocycles. The zero-order valence-electron chi connectivity index (χ0n) is 13.3. The van der Waals surface area contributed by atoms with Gasteiger partial charge >= 0.3 is 0 Å². The van der Waals surface area contributed by atoms with Crippen LogP contribution in [-0.2, 0) is 0 Å². The molecule has 2 heteroatoms. The highest BCUT2D eigenvalue weighted by molar-refractivity contribution is 5.12. The van der Waals surface area contributed by atoms with Crippen LogP contribution < -0.4 is 5.32 Å². The Labute approximate surface area is 119 Å². The summed E-state index contributed by atoms with van der Waals surface area (Å²) < 4.78 is 0. The van der Waals surface area contributed by atoms with Crippen molar-refractivity contribution in [1.29, 1.82) is 0 Å². The van der Waals surface area contributed by atoms with E-state index < -0.39 is 0 Å². The maximum absolute atomic E-state index is 3.95. The third-order valence-electron chi connectivity index (χ3n) is 6.49. The quantitative estimate of drug-likeness (QED) is 0.792. The van der Waals surface area contributed by atoms with Crippen LogP contribution in [0.25, 0.3) is 0 Å². The number of fused-ring (bicyclic) bond motifs is 2. The zero-order chi connectivity index (χ0) is 13.7. The number of likely N-dealkylation sites (N-methyl/N-ethyl adjacent to an activating group) is 1. The molecule has 3 aliphatic rings. The van der Waals surface area contributed by atoms with Crippen LogP contribution in [0.2, 0.25) is 0 Å². The second-order valence-electron chi connectivity index (χ2n) is 8.16. The summed E-state index contributed by atoms with van der Waals surface area (Å²) in [7, 11) is 0. The predicted molar refractivity (Wildman–Crippen MR) is 81.3 cm³/mol. The molecule has 3 atom stereocenters. The van der Waals surface area contributed by atoms with Crippen molar-refractivity contribution in [1.82, 2.24) is 10.2 Å². The van der Waals surface area contributed by atoms with Crippen LogP contribution in [0, 0.1) is 16.7 Å². The van der Waals surface area contributed by atoms with E-state index in [2.05, 4.69) is 37.9 Å². The molecule has 0 radical (unpaired) electrons. The first-order valence-electron chi connectivity index (χ1n) is 8.45. The first kappa shape index (κ1) is 13.9. The summed E-state index contributed by atoms with van der Waals surface area (Å²) >= 11 is 0. The SMILES string of the molecule is CCN(CCNC1C(C)(C)[C@H]2CC[C@]1(C)C2)C1CC1. The number of rotatable bonds is 6. The minimum absolute atomic E-state index is 0.504. The van der Waals surface area contributed by atoms with Crippen molar-refractivity contribution < 1.29 is 0 Å². The molecule has 3 fully saturated rings. The Hall–Kier alpha value is -0.0800. The molecule has 110 valence electrons. The minimum atomic E-state index is 0.504. The normalized spacial score (nSPS) is 40.3. The van der Waals surface area contributed by atoms with E-state index in [1.54, 1.807) is 0 Å². The summed E-state index contributed by atoms with van der Waals surface area (Å²) in [5.74, 6) is 0.959.